The molecule has 0 radical (unpaired) electrons. The molecule has 0 spiro atoms. The summed E-state index contributed by atoms with van der Waals surface area (Å²) in [6.07, 6.45) is 3.52. The fourth-order valence-corrected chi connectivity index (χ4v) is 2.62. The summed E-state index contributed by atoms with van der Waals surface area (Å²) >= 11 is 0. The fourth-order valence-electron chi connectivity index (χ4n) is 2.62. The van der Waals surface area contributed by atoms with Gasteiger partial charge in [-0.3, -0.25) is 4.90 Å². The molecule has 3 nitrogen and oxygen atoms in total. The van der Waals surface area contributed by atoms with Crippen LogP contribution in [-0.2, 0) is 6.54 Å². The Balaban J connectivity index is 2.04. The van der Waals surface area contributed by atoms with Crippen molar-refractivity contribution < 1.29 is 4.74 Å². The average molecular weight is 274 g/mol. The number of nitrogens with two attached hydrogens (primary N) is 1. The molecule has 2 rings (SSSR count). The third-order valence-corrected chi connectivity index (χ3v) is 4.00. The molecule has 0 fully saturated rings. The number of nitrogen functional groups attached to an aromatic ring is 1. The van der Waals surface area contributed by atoms with Crippen molar-refractivity contribution in [2.75, 3.05) is 25.9 Å². The Morgan fingerprint density at radius 2 is 2.05 bits per heavy atom. The molecule has 110 valence electrons. The van der Waals surface area contributed by atoms with Gasteiger partial charge < -0.3 is 10.5 Å². The Bertz CT molecular complexity index is 500. The summed E-state index contributed by atoms with van der Waals surface area (Å²) in [5, 5.41) is 0. The van der Waals surface area contributed by atoms with E-state index >= 15 is 0 Å². The average Bonchev–Trinajstić information content (AvgIpc) is 2.41. The van der Waals surface area contributed by atoms with E-state index in [4.69, 9.17) is 10.5 Å². The molecule has 0 bridgehead atoms. The Hall–Kier alpha value is -1.48. The number of rotatable bonds is 3. The smallest absolute Gasteiger partial charge is 0.119 e. The van der Waals surface area contributed by atoms with Gasteiger partial charge in [-0.15, -0.1) is 0 Å². The highest BCUT2D eigenvalue weighted by atomic mass is 16.5. The number of methoxy groups -OCH3 is 1. The third kappa shape index (κ3) is 3.54. The van der Waals surface area contributed by atoms with E-state index in [1.165, 1.54) is 0 Å². The minimum Gasteiger partial charge on any atom is -0.497 e. The Morgan fingerprint density at radius 1 is 1.30 bits per heavy atom. The number of anilines is 1. The van der Waals surface area contributed by atoms with Crippen LogP contribution in [0.3, 0.4) is 0 Å². The van der Waals surface area contributed by atoms with Crippen molar-refractivity contribution in [2.45, 2.75) is 33.7 Å². The first kappa shape index (κ1) is 14.9. The number of nitrogens with zero attached hydrogens (tertiary/aromatic N) is 1. The zero-order chi connectivity index (χ0) is 14.8. The number of benzene rings is 1. The summed E-state index contributed by atoms with van der Waals surface area (Å²) in [5.41, 5.74) is 9.91. The second-order valence-electron chi connectivity index (χ2n) is 6.53. The van der Waals surface area contributed by atoms with E-state index in [2.05, 4.69) is 31.7 Å². The molecule has 0 saturated carbocycles. The molecule has 1 aliphatic heterocycles. The fraction of sp³-hybridized carbons (Fsp3) is 0.529. The predicted octanol–water partition coefficient (Wildman–Crippen LogP) is 3.46. The lowest BCUT2D eigenvalue weighted by Gasteiger charge is -2.32. The normalized spacial score (nSPS) is 16.9. The van der Waals surface area contributed by atoms with E-state index in [-0.39, 0.29) is 0 Å². The van der Waals surface area contributed by atoms with Crippen LogP contribution in [0.2, 0.25) is 0 Å². The lowest BCUT2D eigenvalue weighted by Crippen LogP contribution is -2.31. The van der Waals surface area contributed by atoms with Crippen LogP contribution < -0.4 is 10.5 Å². The van der Waals surface area contributed by atoms with Crippen molar-refractivity contribution in [3.8, 4) is 5.75 Å². The Labute approximate surface area is 122 Å². The van der Waals surface area contributed by atoms with Crippen LogP contribution in [0, 0.1) is 5.41 Å². The number of ether oxygens (including phenoxy) is 1. The summed E-state index contributed by atoms with van der Waals surface area (Å²) in [6.45, 7) is 9.84. The van der Waals surface area contributed by atoms with Crippen molar-refractivity contribution in [2.24, 2.45) is 5.41 Å². The highest BCUT2D eigenvalue weighted by molar-refractivity contribution is 5.50. The number of hydrogen-bond donors (Lipinski definition) is 1. The Kier molecular flexibility index (Phi) is 4.39. The zero-order valence-electron chi connectivity index (χ0n) is 13.1. The molecule has 1 heterocycles. The van der Waals surface area contributed by atoms with Crippen molar-refractivity contribution in [3.63, 3.8) is 0 Å². The van der Waals surface area contributed by atoms with Gasteiger partial charge >= 0.3 is 0 Å². The van der Waals surface area contributed by atoms with Crippen LogP contribution in [0.1, 0.15) is 32.8 Å². The largest absolute Gasteiger partial charge is 0.497 e. The maximum Gasteiger partial charge on any atom is 0.119 e. The van der Waals surface area contributed by atoms with Gasteiger partial charge in [-0.1, -0.05) is 32.4 Å². The minimum atomic E-state index is 0.293. The maximum absolute atomic E-state index is 6.06. The molecule has 0 aliphatic carbocycles. The van der Waals surface area contributed by atoms with Crippen LogP contribution in [0.25, 0.3) is 0 Å². The monoisotopic (exact) mass is 274 g/mol. The molecule has 2 N–H and O–H groups in total. The van der Waals surface area contributed by atoms with E-state index in [9.17, 15) is 0 Å². The molecule has 1 aliphatic rings. The topological polar surface area (TPSA) is 38.5 Å². The lowest BCUT2D eigenvalue weighted by molar-refractivity contribution is 0.271. The molecule has 0 amide bonds. The first-order valence-corrected chi connectivity index (χ1v) is 7.24. The van der Waals surface area contributed by atoms with Crippen LogP contribution >= 0.6 is 0 Å². The summed E-state index contributed by atoms with van der Waals surface area (Å²) in [6, 6.07) is 5.87. The van der Waals surface area contributed by atoms with Crippen LogP contribution in [-0.4, -0.2) is 25.1 Å². The quantitative estimate of drug-likeness (QED) is 0.677. The molecule has 0 saturated heterocycles. The van der Waals surface area contributed by atoms with Gasteiger partial charge in [0.15, 0.2) is 0 Å². The van der Waals surface area contributed by atoms with Gasteiger partial charge in [0.25, 0.3) is 0 Å². The summed E-state index contributed by atoms with van der Waals surface area (Å²) < 4.78 is 5.27. The first-order chi connectivity index (χ1) is 9.40. The van der Waals surface area contributed by atoms with Gasteiger partial charge in [-0.25, -0.2) is 0 Å². The van der Waals surface area contributed by atoms with Crippen molar-refractivity contribution in [1.82, 2.24) is 4.90 Å². The van der Waals surface area contributed by atoms with Gasteiger partial charge in [-0.05, 0) is 35.6 Å². The second kappa shape index (κ2) is 5.88. The SMILES string of the molecule is COc1ccc(N)c(CN2CC=C(C(C)(C)C)CC2)c1. The van der Waals surface area contributed by atoms with Crippen molar-refractivity contribution in [3.05, 3.63) is 35.4 Å². The van der Waals surface area contributed by atoms with Crippen molar-refractivity contribution in [1.29, 1.82) is 0 Å². The highest BCUT2D eigenvalue weighted by Gasteiger charge is 2.21. The van der Waals surface area contributed by atoms with Gasteiger partial charge in [0, 0.05) is 25.3 Å². The molecule has 1 aromatic carbocycles. The highest BCUT2D eigenvalue weighted by Crippen LogP contribution is 2.31. The molecule has 0 atom stereocenters. The zero-order valence-corrected chi connectivity index (χ0v) is 13.1. The van der Waals surface area contributed by atoms with E-state index in [1.54, 1.807) is 12.7 Å². The summed E-state index contributed by atoms with van der Waals surface area (Å²) in [5.74, 6) is 0.872. The molecule has 0 aromatic heterocycles. The van der Waals surface area contributed by atoms with E-state index in [0.717, 1.165) is 43.1 Å². The van der Waals surface area contributed by atoms with Crippen LogP contribution in [0.15, 0.2) is 29.8 Å². The lowest BCUT2D eigenvalue weighted by atomic mass is 9.83. The molecular formula is C17H26N2O. The van der Waals surface area contributed by atoms with Gasteiger partial charge in [0.2, 0.25) is 0 Å². The molecule has 20 heavy (non-hydrogen) atoms. The molecule has 1 aromatic rings. The summed E-state index contributed by atoms with van der Waals surface area (Å²) in [4.78, 5) is 2.43. The standard InChI is InChI=1S/C17H26N2O/c1-17(2,3)14-7-9-19(10-8-14)12-13-11-15(20-4)5-6-16(13)18/h5-7,11H,8-10,12,18H2,1-4H3. The maximum atomic E-state index is 6.06. The third-order valence-electron chi connectivity index (χ3n) is 4.00. The minimum absolute atomic E-state index is 0.293. The van der Waals surface area contributed by atoms with E-state index in [1.807, 2.05) is 18.2 Å². The van der Waals surface area contributed by atoms with Crippen LogP contribution in [0.4, 0.5) is 5.69 Å². The molecule has 3 heteroatoms. The van der Waals surface area contributed by atoms with Crippen molar-refractivity contribution >= 4 is 5.69 Å². The van der Waals surface area contributed by atoms with Gasteiger partial charge in [0.05, 0.1) is 7.11 Å². The predicted molar refractivity (Wildman–Crippen MR) is 84.8 cm³/mol. The first-order valence-electron chi connectivity index (χ1n) is 7.24. The number of hydrogen-bond acceptors (Lipinski definition) is 3. The van der Waals surface area contributed by atoms with Gasteiger partial charge in [-0.2, -0.15) is 0 Å². The Morgan fingerprint density at radius 3 is 2.60 bits per heavy atom. The van der Waals surface area contributed by atoms with E-state index in [0.29, 0.717) is 5.41 Å². The second-order valence-corrected chi connectivity index (χ2v) is 6.53. The molecule has 0 unspecified atom stereocenters. The van der Waals surface area contributed by atoms with E-state index < -0.39 is 0 Å². The van der Waals surface area contributed by atoms with Crippen LogP contribution in [0.5, 0.6) is 5.75 Å². The van der Waals surface area contributed by atoms with Gasteiger partial charge in [0.1, 0.15) is 5.75 Å². The summed E-state index contributed by atoms with van der Waals surface area (Å²) in [7, 11) is 1.69. The molecular weight excluding hydrogens is 248 g/mol.